The van der Waals surface area contributed by atoms with E-state index in [2.05, 4.69) is 13.2 Å². The molecule has 0 N–H and O–H groups in total. The van der Waals surface area contributed by atoms with Crippen LogP contribution in [0.2, 0.25) is 0 Å². The van der Waals surface area contributed by atoms with Crippen LogP contribution in [0.1, 0.15) is 27.7 Å². The van der Waals surface area contributed by atoms with E-state index in [4.69, 9.17) is 22.4 Å². The van der Waals surface area contributed by atoms with E-state index in [0.717, 1.165) is 0 Å². The Morgan fingerprint density at radius 1 is 0.857 bits per heavy atom. The monoisotopic (exact) mass is 342 g/mol. The van der Waals surface area contributed by atoms with Gasteiger partial charge >= 0.3 is 15.6 Å². The second kappa shape index (κ2) is 9.70. The third-order valence-electron chi connectivity index (χ3n) is 1.58. The molecule has 0 spiro atoms. The van der Waals surface area contributed by atoms with Crippen LogP contribution in [-0.2, 0) is 31.5 Å². The molecular formula is C12H24O7P2. The van der Waals surface area contributed by atoms with Gasteiger partial charge in [0.2, 0.25) is 0 Å². The molecule has 0 aromatic heterocycles. The minimum absolute atomic E-state index is 0.104. The molecule has 0 heterocycles. The lowest BCUT2D eigenvalue weighted by Crippen LogP contribution is -2.10. The Kier molecular flexibility index (Phi) is 9.58. The first kappa shape index (κ1) is 20.7. The van der Waals surface area contributed by atoms with Crippen molar-refractivity contribution >= 4 is 15.6 Å². The summed E-state index contributed by atoms with van der Waals surface area (Å²) in [7, 11) is -8.26. The molecule has 0 aliphatic heterocycles. The first-order valence-electron chi connectivity index (χ1n) is 6.45. The molecule has 2 unspecified atom stereocenters. The van der Waals surface area contributed by atoms with Gasteiger partial charge in [0.15, 0.2) is 0 Å². The summed E-state index contributed by atoms with van der Waals surface area (Å²) in [5.74, 6) is 0. The molecule has 124 valence electrons. The van der Waals surface area contributed by atoms with Gasteiger partial charge in [-0.3, -0.25) is 18.1 Å². The quantitative estimate of drug-likeness (QED) is 0.382. The summed E-state index contributed by atoms with van der Waals surface area (Å²) < 4.78 is 50.1. The minimum atomic E-state index is -4.13. The van der Waals surface area contributed by atoms with Gasteiger partial charge in [-0.25, -0.2) is 9.13 Å². The van der Waals surface area contributed by atoms with Gasteiger partial charge in [0.25, 0.3) is 0 Å². The molecular weight excluding hydrogens is 318 g/mol. The van der Waals surface area contributed by atoms with Crippen molar-refractivity contribution in [2.75, 3.05) is 13.2 Å². The predicted octanol–water partition coefficient (Wildman–Crippen LogP) is 4.47. The summed E-state index contributed by atoms with van der Waals surface area (Å²) in [6, 6.07) is 0. The number of hydrogen-bond acceptors (Lipinski definition) is 7. The molecule has 0 radical (unpaired) electrons. The van der Waals surface area contributed by atoms with Gasteiger partial charge in [0, 0.05) is 0 Å². The summed E-state index contributed by atoms with van der Waals surface area (Å²) in [5.41, 5.74) is 0. The van der Waals surface area contributed by atoms with Gasteiger partial charge in [0.1, 0.15) is 0 Å². The summed E-state index contributed by atoms with van der Waals surface area (Å²) in [6.45, 7) is 13.2. The van der Waals surface area contributed by atoms with Crippen molar-refractivity contribution in [3.05, 3.63) is 25.3 Å². The summed E-state index contributed by atoms with van der Waals surface area (Å²) >= 11 is 0. The topological polar surface area (TPSA) is 80.3 Å². The van der Waals surface area contributed by atoms with Crippen molar-refractivity contribution in [3.63, 3.8) is 0 Å². The van der Waals surface area contributed by atoms with E-state index in [9.17, 15) is 9.13 Å². The molecule has 21 heavy (non-hydrogen) atoms. The van der Waals surface area contributed by atoms with E-state index in [1.165, 1.54) is 12.2 Å². The molecule has 0 saturated carbocycles. The van der Waals surface area contributed by atoms with Gasteiger partial charge in [-0.2, -0.15) is 4.31 Å². The van der Waals surface area contributed by atoms with E-state index >= 15 is 0 Å². The molecule has 0 aromatic carbocycles. The molecule has 2 atom stereocenters. The van der Waals surface area contributed by atoms with Crippen LogP contribution >= 0.6 is 15.6 Å². The average Bonchev–Trinajstić information content (AvgIpc) is 2.31. The molecule has 7 nitrogen and oxygen atoms in total. The lowest BCUT2D eigenvalue weighted by atomic mass is 10.5. The number of phosphoric ester groups is 2. The summed E-state index contributed by atoms with van der Waals surface area (Å²) in [6.07, 6.45) is 1.76. The fourth-order valence-electron chi connectivity index (χ4n) is 1.07. The molecule has 9 heteroatoms. The second-order valence-electron chi connectivity index (χ2n) is 4.45. The zero-order chi connectivity index (χ0) is 16.5. The third kappa shape index (κ3) is 9.38. The Bertz CT molecular complexity index is 382. The number of phosphoric acid groups is 2. The zero-order valence-corrected chi connectivity index (χ0v) is 14.7. The maximum Gasteiger partial charge on any atom is 0.484 e. The summed E-state index contributed by atoms with van der Waals surface area (Å²) in [4.78, 5) is 0. The average molecular weight is 342 g/mol. The Balaban J connectivity index is 5.17. The maximum absolute atomic E-state index is 12.5. The van der Waals surface area contributed by atoms with Gasteiger partial charge in [-0.05, 0) is 27.7 Å². The van der Waals surface area contributed by atoms with E-state index in [0.29, 0.717) is 0 Å². The molecule has 0 aliphatic rings. The van der Waals surface area contributed by atoms with E-state index in [1.54, 1.807) is 27.7 Å². The van der Waals surface area contributed by atoms with Crippen LogP contribution in [0.3, 0.4) is 0 Å². The first-order chi connectivity index (χ1) is 9.66. The van der Waals surface area contributed by atoms with Gasteiger partial charge < -0.3 is 0 Å². The molecule has 0 rings (SSSR count). The second-order valence-corrected chi connectivity index (χ2v) is 7.83. The summed E-state index contributed by atoms with van der Waals surface area (Å²) in [5, 5.41) is 0. The first-order valence-corrected chi connectivity index (χ1v) is 9.37. The molecule has 0 aromatic rings. The van der Waals surface area contributed by atoms with Crippen molar-refractivity contribution in [1.82, 2.24) is 0 Å². The predicted molar refractivity (Wildman–Crippen MR) is 81.0 cm³/mol. The van der Waals surface area contributed by atoms with Crippen LogP contribution in [0.25, 0.3) is 0 Å². The van der Waals surface area contributed by atoms with Crippen LogP contribution in [0.15, 0.2) is 25.3 Å². The van der Waals surface area contributed by atoms with Crippen molar-refractivity contribution in [2.24, 2.45) is 0 Å². The van der Waals surface area contributed by atoms with Crippen LogP contribution in [0, 0.1) is 0 Å². The molecule has 0 amide bonds. The highest BCUT2D eigenvalue weighted by molar-refractivity contribution is 7.62. The highest BCUT2D eigenvalue weighted by Crippen LogP contribution is 2.66. The van der Waals surface area contributed by atoms with Crippen molar-refractivity contribution in [3.8, 4) is 0 Å². The van der Waals surface area contributed by atoms with E-state index < -0.39 is 27.9 Å². The van der Waals surface area contributed by atoms with Gasteiger partial charge in [-0.15, -0.1) is 13.2 Å². The van der Waals surface area contributed by atoms with Gasteiger partial charge in [-0.1, -0.05) is 12.2 Å². The maximum atomic E-state index is 12.5. The lowest BCUT2D eigenvalue weighted by Gasteiger charge is -2.24. The van der Waals surface area contributed by atoms with Crippen LogP contribution < -0.4 is 0 Å². The van der Waals surface area contributed by atoms with Crippen LogP contribution in [-0.4, -0.2) is 25.4 Å². The highest BCUT2D eigenvalue weighted by Gasteiger charge is 2.41. The number of hydrogen-bond donors (Lipinski definition) is 0. The fraction of sp³-hybridized carbons (Fsp3) is 0.667. The highest BCUT2D eigenvalue weighted by atomic mass is 31.3. The largest absolute Gasteiger partial charge is 0.484 e. The normalized spacial score (nSPS) is 17.4. The SMILES string of the molecule is C=CCOP(=O)(OC(C)C)OP(=O)(OCC=C)OC(C)C. The number of rotatable bonds is 12. The van der Waals surface area contributed by atoms with Crippen molar-refractivity contribution < 1.29 is 31.5 Å². The van der Waals surface area contributed by atoms with Crippen molar-refractivity contribution in [2.45, 2.75) is 39.9 Å². The Labute approximate surface area is 126 Å². The molecule has 0 aliphatic carbocycles. The van der Waals surface area contributed by atoms with Crippen LogP contribution in [0.4, 0.5) is 0 Å². The smallest absolute Gasteiger partial charge is 0.284 e. The Morgan fingerprint density at radius 2 is 1.19 bits per heavy atom. The molecule has 0 bridgehead atoms. The van der Waals surface area contributed by atoms with E-state index in [1.807, 2.05) is 0 Å². The third-order valence-corrected chi connectivity index (χ3v) is 5.47. The fourth-order valence-corrected chi connectivity index (χ4v) is 4.47. The van der Waals surface area contributed by atoms with Crippen molar-refractivity contribution in [1.29, 1.82) is 0 Å². The minimum Gasteiger partial charge on any atom is -0.284 e. The standard InChI is InChI=1S/C12H24O7P2/c1-7-9-15-20(13,17-11(3)4)19-21(14,16-10-8-2)18-12(5)6/h7-8,11-12H,1-2,9-10H2,3-6H3. The van der Waals surface area contributed by atoms with E-state index in [-0.39, 0.29) is 13.2 Å². The molecule has 0 fully saturated rings. The Morgan fingerprint density at radius 3 is 1.43 bits per heavy atom. The zero-order valence-electron chi connectivity index (χ0n) is 12.9. The van der Waals surface area contributed by atoms with Gasteiger partial charge in [0.05, 0.1) is 25.4 Å². The van der Waals surface area contributed by atoms with Crippen LogP contribution in [0.5, 0.6) is 0 Å². The lowest BCUT2D eigenvalue weighted by molar-refractivity contribution is 0.0915. The molecule has 0 saturated heterocycles. The Hall–Kier alpha value is -0.260.